The zero-order chi connectivity index (χ0) is 27.1. The minimum atomic E-state index is -0.920. The Morgan fingerprint density at radius 1 is 1.03 bits per heavy atom. The number of Topliss-reactive ketones (excluding diaryl/α,β-unsaturated/α-hetero) is 1. The van der Waals surface area contributed by atoms with Crippen LogP contribution >= 0.6 is 11.3 Å². The summed E-state index contributed by atoms with van der Waals surface area (Å²) in [7, 11) is 1.57. The van der Waals surface area contributed by atoms with E-state index in [0.717, 1.165) is 4.70 Å². The summed E-state index contributed by atoms with van der Waals surface area (Å²) in [6.07, 6.45) is 0. The monoisotopic (exact) mass is 544 g/mol. The molecule has 1 saturated heterocycles. The summed E-state index contributed by atoms with van der Waals surface area (Å²) in [4.78, 5) is 33.1. The van der Waals surface area contributed by atoms with E-state index >= 15 is 0 Å². The van der Waals surface area contributed by atoms with E-state index in [1.165, 1.54) is 16.2 Å². The van der Waals surface area contributed by atoms with Gasteiger partial charge >= 0.3 is 5.91 Å². The second-order valence-electron chi connectivity index (χ2n) is 8.86. The van der Waals surface area contributed by atoms with Crippen LogP contribution in [0.5, 0.6) is 23.0 Å². The molecule has 3 heterocycles. The molecule has 1 N–H and O–H groups in total. The van der Waals surface area contributed by atoms with Crippen LogP contribution in [-0.2, 0) is 9.59 Å². The summed E-state index contributed by atoms with van der Waals surface area (Å²) >= 11 is 1.26. The van der Waals surface area contributed by atoms with Crippen molar-refractivity contribution in [3.8, 4) is 23.0 Å². The van der Waals surface area contributed by atoms with Gasteiger partial charge in [-0.3, -0.25) is 14.5 Å². The Balaban J connectivity index is 1.51. The molecule has 0 bridgehead atoms. The molecule has 1 unspecified atom stereocenters. The highest BCUT2D eigenvalue weighted by Gasteiger charge is 2.48. The maximum atomic E-state index is 13.5. The number of ether oxygens (including phenoxy) is 4. The first kappa shape index (κ1) is 24.7. The Morgan fingerprint density at radius 3 is 2.51 bits per heavy atom. The maximum Gasteiger partial charge on any atom is 0.301 e. The molecule has 10 heteroatoms. The van der Waals surface area contributed by atoms with Crippen LogP contribution < -0.4 is 23.8 Å². The lowest BCUT2D eigenvalue weighted by Crippen LogP contribution is -2.29. The molecule has 0 saturated carbocycles. The van der Waals surface area contributed by atoms with Crippen LogP contribution in [0.4, 0.5) is 5.13 Å². The second kappa shape index (κ2) is 9.95. The average molecular weight is 545 g/mol. The molecule has 1 atom stereocenters. The topological polar surface area (TPSA) is 107 Å². The van der Waals surface area contributed by atoms with Gasteiger partial charge in [0.15, 0.2) is 16.6 Å². The number of amides is 1. The molecular weight excluding hydrogens is 520 g/mol. The molecule has 9 nitrogen and oxygen atoms in total. The highest BCUT2D eigenvalue weighted by atomic mass is 32.1. The van der Waals surface area contributed by atoms with Crippen molar-refractivity contribution < 1.29 is 33.6 Å². The van der Waals surface area contributed by atoms with Crippen LogP contribution in [0.3, 0.4) is 0 Å². The minimum Gasteiger partial charge on any atom is -0.507 e. The predicted molar refractivity (Wildman–Crippen MR) is 146 cm³/mol. The fraction of sp³-hybridized carbons (Fsp3) is 0.207. The van der Waals surface area contributed by atoms with Gasteiger partial charge in [-0.1, -0.05) is 23.5 Å². The normalized spacial score (nSPS) is 18.0. The summed E-state index contributed by atoms with van der Waals surface area (Å²) in [6, 6.07) is 16.5. The summed E-state index contributed by atoms with van der Waals surface area (Å²) in [5, 5.41) is 11.8. The number of aliphatic hydroxyl groups excluding tert-OH is 1. The van der Waals surface area contributed by atoms with E-state index in [9.17, 15) is 14.7 Å². The van der Waals surface area contributed by atoms with Crippen LogP contribution in [0.15, 0.2) is 66.2 Å². The lowest BCUT2D eigenvalue weighted by atomic mass is 9.95. The highest BCUT2D eigenvalue weighted by Crippen LogP contribution is 2.45. The molecule has 1 fully saturated rings. The van der Waals surface area contributed by atoms with Gasteiger partial charge in [0.25, 0.3) is 5.78 Å². The molecule has 1 aromatic heterocycles. The number of ketones is 1. The van der Waals surface area contributed by atoms with Gasteiger partial charge in [-0.15, -0.1) is 0 Å². The number of nitrogens with zero attached hydrogens (tertiary/aromatic N) is 2. The molecule has 0 aliphatic carbocycles. The molecule has 6 rings (SSSR count). The maximum absolute atomic E-state index is 13.5. The molecule has 3 aromatic carbocycles. The first-order valence-electron chi connectivity index (χ1n) is 12.4. The Hall–Kier alpha value is -4.57. The molecule has 198 valence electrons. The van der Waals surface area contributed by atoms with Crippen molar-refractivity contribution in [1.29, 1.82) is 0 Å². The third-order valence-corrected chi connectivity index (χ3v) is 7.57. The number of hydrogen-bond acceptors (Lipinski definition) is 9. The van der Waals surface area contributed by atoms with Crippen molar-refractivity contribution in [3.63, 3.8) is 0 Å². The quantitative estimate of drug-likeness (QED) is 0.203. The largest absolute Gasteiger partial charge is 0.507 e. The molecule has 1 amide bonds. The van der Waals surface area contributed by atoms with Crippen LogP contribution in [-0.4, -0.2) is 48.7 Å². The van der Waals surface area contributed by atoms with E-state index in [0.29, 0.717) is 64.6 Å². The Labute approximate surface area is 227 Å². The number of aromatic nitrogens is 1. The van der Waals surface area contributed by atoms with E-state index < -0.39 is 17.7 Å². The predicted octanol–water partition coefficient (Wildman–Crippen LogP) is 5.10. The Kier molecular flexibility index (Phi) is 6.32. The summed E-state index contributed by atoms with van der Waals surface area (Å²) in [5.41, 5.74) is 1.57. The van der Waals surface area contributed by atoms with E-state index in [1.54, 1.807) is 61.7 Å². The smallest absolute Gasteiger partial charge is 0.301 e. The zero-order valence-electron chi connectivity index (χ0n) is 21.2. The number of benzene rings is 3. The average Bonchev–Trinajstić information content (AvgIpc) is 3.50. The van der Waals surface area contributed by atoms with E-state index in [1.807, 2.05) is 13.0 Å². The van der Waals surface area contributed by atoms with Gasteiger partial charge in [0.05, 0.1) is 35.5 Å². The van der Waals surface area contributed by atoms with Crippen LogP contribution in [0.25, 0.3) is 16.0 Å². The number of fused-ring (bicyclic) bond motifs is 2. The van der Waals surface area contributed by atoms with E-state index in [4.69, 9.17) is 18.9 Å². The minimum absolute atomic E-state index is 0.0438. The lowest BCUT2D eigenvalue weighted by molar-refractivity contribution is -0.132. The summed E-state index contributed by atoms with van der Waals surface area (Å²) in [5.74, 6) is 0.411. The van der Waals surface area contributed by atoms with Crippen LogP contribution in [0.1, 0.15) is 24.1 Å². The number of anilines is 1. The van der Waals surface area contributed by atoms with E-state index in [2.05, 4.69) is 4.98 Å². The van der Waals surface area contributed by atoms with Gasteiger partial charge in [-0.25, -0.2) is 4.98 Å². The van der Waals surface area contributed by atoms with Crippen molar-refractivity contribution in [2.45, 2.75) is 13.0 Å². The Bertz CT molecular complexity index is 1630. The third kappa shape index (κ3) is 4.32. The lowest BCUT2D eigenvalue weighted by Gasteiger charge is -2.23. The molecule has 0 spiro atoms. The van der Waals surface area contributed by atoms with Crippen LogP contribution in [0.2, 0.25) is 0 Å². The van der Waals surface area contributed by atoms with Gasteiger partial charge < -0.3 is 24.1 Å². The number of carbonyl (C=O) groups excluding carboxylic acids is 2. The number of methoxy groups -OCH3 is 1. The summed E-state index contributed by atoms with van der Waals surface area (Å²) in [6.45, 7) is 3.18. The van der Waals surface area contributed by atoms with Gasteiger partial charge in [-0.2, -0.15) is 0 Å². The first-order valence-corrected chi connectivity index (χ1v) is 13.2. The van der Waals surface area contributed by atoms with Crippen molar-refractivity contribution in [3.05, 3.63) is 77.4 Å². The van der Waals surface area contributed by atoms with Crippen LogP contribution in [0, 0.1) is 0 Å². The van der Waals surface area contributed by atoms with Crippen molar-refractivity contribution in [1.82, 2.24) is 4.98 Å². The number of rotatable bonds is 6. The standard InChI is InChI=1S/C29H24N2O7S/c1-3-36-18-7-4-16(5-8-18)25-24(26(32)17-6-11-21-22(14-17)38-13-12-37-21)27(33)28(34)31(25)29-30-20-10-9-19(35-2)15-23(20)39-29/h4-11,14-15,25,32H,3,12-13H2,1-2H3. The fourth-order valence-electron chi connectivity index (χ4n) is 4.73. The van der Waals surface area contributed by atoms with Crippen molar-refractivity contribution in [2.24, 2.45) is 0 Å². The molecule has 39 heavy (non-hydrogen) atoms. The molecule has 2 aliphatic rings. The van der Waals surface area contributed by atoms with Gasteiger partial charge in [0.1, 0.15) is 30.5 Å². The third-order valence-electron chi connectivity index (χ3n) is 6.56. The highest BCUT2D eigenvalue weighted by molar-refractivity contribution is 7.22. The number of thiazole rings is 1. The number of carbonyl (C=O) groups is 2. The van der Waals surface area contributed by atoms with Crippen molar-refractivity contribution >= 4 is 44.1 Å². The number of hydrogen-bond donors (Lipinski definition) is 1. The molecule has 2 aliphatic heterocycles. The Morgan fingerprint density at radius 2 is 1.77 bits per heavy atom. The van der Waals surface area contributed by atoms with E-state index in [-0.39, 0.29) is 11.3 Å². The van der Waals surface area contributed by atoms with Crippen molar-refractivity contribution in [2.75, 3.05) is 31.8 Å². The zero-order valence-corrected chi connectivity index (χ0v) is 22.0. The van der Waals surface area contributed by atoms with Gasteiger partial charge in [0, 0.05) is 5.56 Å². The number of aliphatic hydroxyl groups is 1. The first-order chi connectivity index (χ1) is 19.0. The molecule has 4 aromatic rings. The van der Waals surface area contributed by atoms with Gasteiger partial charge in [0.2, 0.25) is 0 Å². The summed E-state index contributed by atoms with van der Waals surface area (Å²) < 4.78 is 22.9. The van der Waals surface area contributed by atoms with Gasteiger partial charge in [-0.05, 0) is 61.0 Å². The molecule has 0 radical (unpaired) electrons. The molecular formula is C29H24N2O7S. The second-order valence-corrected chi connectivity index (χ2v) is 9.87. The fourth-order valence-corrected chi connectivity index (χ4v) is 5.75. The SMILES string of the molecule is CCOc1ccc(C2C(=C(O)c3ccc4c(c3)OCCO4)C(=O)C(=O)N2c2nc3ccc(OC)cc3s2)cc1.